The summed E-state index contributed by atoms with van der Waals surface area (Å²) >= 11 is 0. The van der Waals surface area contributed by atoms with E-state index in [0.717, 1.165) is 10.9 Å². The van der Waals surface area contributed by atoms with E-state index in [1.54, 1.807) is 12.2 Å². The van der Waals surface area contributed by atoms with E-state index in [1.807, 2.05) is 30.3 Å². The number of hydrogen-bond acceptors (Lipinski definition) is 3. The number of aromatic nitrogens is 1. The summed E-state index contributed by atoms with van der Waals surface area (Å²) in [6.45, 7) is 0.259. The van der Waals surface area contributed by atoms with Gasteiger partial charge in [-0.3, -0.25) is 4.79 Å². The molecule has 6 heteroatoms. The van der Waals surface area contributed by atoms with Crippen molar-refractivity contribution in [3.8, 4) is 0 Å². The lowest BCUT2D eigenvalue weighted by Crippen LogP contribution is -2.26. The van der Waals surface area contributed by atoms with E-state index in [9.17, 15) is 18.0 Å². The maximum Gasteiger partial charge on any atom is 0.389 e. The summed E-state index contributed by atoms with van der Waals surface area (Å²) in [6, 6.07) is 9.36. The van der Waals surface area contributed by atoms with Gasteiger partial charge in [0.25, 0.3) is 0 Å². The molecule has 0 radical (unpaired) electrons. The summed E-state index contributed by atoms with van der Waals surface area (Å²) in [5.41, 5.74) is 1.96. The molecule has 0 saturated heterocycles. The highest BCUT2D eigenvalue weighted by Gasteiger charge is 2.27. The first kappa shape index (κ1) is 17.6. The van der Waals surface area contributed by atoms with Gasteiger partial charge in [0.1, 0.15) is 6.10 Å². The van der Waals surface area contributed by atoms with E-state index in [-0.39, 0.29) is 18.8 Å². The van der Waals surface area contributed by atoms with Crippen molar-refractivity contribution in [2.24, 2.45) is 0 Å². The Hall–Kier alpha value is -2.21. The van der Waals surface area contributed by atoms with Crippen LogP contribution in [0, 0.1) is 0 Å². The number of hydrogen-bond donors (Lipinski definition) is 0. The maximum atomic E-state index is 12.5. The molecule has 0 fully saturated rings. The number of rotatable bonds is 6. The largest absolute Gasteiger partial charge is 0.389 e. The second-order valence-electron chi connectivity index (χ2n) is 6.05. The van der Waals surface area contributed by atoms with Gasteiger partial charge in [0.15, 0.2) is 5.78 Å². The van der Waals surface area contributed by atoms with Gasteiger partial charge in [-0.15, -0.1) is 0 Å². The molecule has 132 valence electrons. The minimum absolute atomic E-state index is 0.0834. The van der Waals surface area contributed by atoms with Crippen LogP contribution >= 0.6 is 0 Å². The molecule has 1 heterocycles. The van der Waals surface area contributed by atoms with Gasteiger partial charge in [0, 0.05) is 24.0 Å². The number of ketones is 1. The summed E-state index contributed by atoms with van der Waals surface area (Å²) in [5, 5.41) is 0.885. The first-order valence-electron chi connectivity index (χ1n) is 8.24. The Bertz CT molecular complexity index is 799. The minimum Gasteiger partial charge on any atom is -0.366 e. The van der Waals surface area contributed by atoms with Crippen molar-refractivity contribution in [1.82, 2.24) is 4.98 Å². The number of carbonyl (C=O) groups is 1. The molecule has 1 aliphatic rings. The molecule has 25 heavy (non-hydrogen) atoms. The van der Waals surface area contributed by atoms with Crippen molar-refractivity contribution in [2.75, 3.05) is 6.61 Å². The number of ether oxygens (including phenoxy) is 1. The van der Waals surface area contributed by atoms with E-state index in [0.29, 0.717) is 24.1 Å². The number of fused-ring (bicyclic) bond motifs is 2. The molecule has 0 spiro atoms. The van der Waals surface area contributed by atoms with Gasteiger partial charge in [-0.25, -0.2) is 4.98 Å². The third-order valence-corrected chi connectivity index (χ3v) is 4.11. The molecule has 1 aromatic carbocycles. The summed E-state index contributed by atoms with van der Waals surface area (Å²) < 4.78 is 41.8. The molecular weight excluding hydrogens is 331 g/mol. The van der Waals surface area contributed by atoms with Crippen LogP contribution in [-0.2, 0) is 4.74 Å². The molecule has 1 aromatic heterocycles. The number of benzene rings is 1. The lowest BCUT2D eigenvalue weighted by Gasteiger charge is -2.19. The zero-order valence-electron chi connectivity index (χ0n) is 13.6. The number of pyridine rings is 1. The van der Waals surface area contributed by atoms with Crippen molar-refractivity contribution in [3.63, 3.8) is 0 Å². The fourth-order valence-corrected chi connectivity index (χ4v) is 2.82. The van der Waals surface area contributed by atoms with Crippen LogP contribution in [0.1, 0.15) is 41.7 Å². The number of Topliss-reactive ketones (excluding diaryl/α,β-unsaturated/α-hetero) is 1. The number of para-hydroxylation sites is 1. The summed E-state index contributed by atoms with van der Waals surface area (Å²) in [5.74, 6) is -0.161. The molecule has 3 rings (SSSR count). The smallest absolute Gasteiger partial charge is 0.366 e. The zero-order chi connectivity index (χ0) is 17.9. The van der Waals surface area contributed by atoms with Gasteiger partial charge in [0.2, 0.25) is 0 Å². The van der Waals surface area contributed by atoms with Crippen molar-refractivity contribution in [2.45, 2.75) is 38.0 Å². The second kappa shape index (κ2) is 7.35. The Balaban J connectivity index is 1.56. The highest BCUT2D eigenvalue weighted by Crippen LogP contribution is 2.25. The van der Waals surface area contributed by atoms with Gasteiger partial charge >= 0.3 is 6.18 Å². The molecule has 1 unspecified atom stereocenters. The fourth-order valence-electron chi connectivity index (χ4n) is 2.82. The van der Waals surface area contributed by atoms with Crippen molar-refractivity contribution in [1.29, 1.82) is 0 Å². The van der Waals surface area contributed by atoms with Crippen molar-refractivity contribution >= 4 is 22.8 Å². The molecular formula is C19H18F3NO2. The van der Waals surface area contributed by atoms with Crippen molar-refractivity contribution in [3.05, 3.63) is 47.7 Å². The van der Waals surface area contributed by atoms with Gasteiger partial charge < -0.3 is 4.74 Å². The zero-order valence-corrected chi connectivity index (χ0v) is 13.6. The van der Waals surface area contributed by atoms with Crippen LogP contribution < -0.4 is 0 Å². The Morgan fingerprint density at radius 3 is 2.72 bits per heavy atom. The number of halogens is 3. The number of nitrogens with zero attached hydrogens (tertiary/aromatic N) is 1. The molecule has 2 aromatic rings. The Morgan fingerprint density at radius 2 is 1.92 bits per heavy atom. The van der Waals surface area contributed by atoms with E-state index in [4.69, 9.17) is 4.74 Å². The average molecular weight is 349 g/mol. The van der Waals surface area contributed by atoms with Crippen LogP contribution in [0.2, 0.25) is 0 Å². The second-order valence-corrected chi connectivity index (χ2v) is 6.05. The monoisotopic (exact) mass is 349 g/mol. The number of unbranched alkanes of at least 4 members (excludes halogenated alkanes) is 2. The van der Waals surface area contributed by atoms with E-state index in [2.05, 4.69) is 4.98 Å². The molecule has 3 nitrogen and oxygen atoms in total. The van der Waals surface area contributed by atoms with E-state index >= 15 is 0 Å². The molecule has 0 N–H and O–H groups in total. The van der Waals surface area contributed by atoms with Crippen LogP contribution in [0.5, 0.6) is 0 Å². The van der Waals surface area contributed by atoms with E-state index < -0.39 is 18.7 Å². The molecule has 0 amide bonds. The highest BCUT2D eigenvalue weighted by atomic mass is 19.4. The lowest BCUT2D eigenvalue weighted by atomic mass is 9.96. The molecule has 0 aliphatic heterocycles. The van der Waals surface area contributed by atoms with Gasteiger partial charge in [-0.05, 0) is 37.1 Å². The molecule has 1 aliphatic carbocycles. The third-order valence-electron chi connectivity index (χ3n) is 4.11. The van der Waals surface area contributed by atoms with Crippen LogP contribution in [0.4, 0.5) is 13.2 Å². The third kappa shape index (κ3) is 4.45. The Morgan fingerprint density at radius 1 is 1.12 bits per heavy atom. The summed E-state index contributed by atoms with van der Waals surface area (Å²) in [7, 11) is 0. The summed E-state index contributed by atoms with van der Waals surface area (Å²) in [4.78, 5) is 17.0. The van der Waals surface area contributed by atoms with Crippen LogP contribution in [0.15, 0.2) is 36.4 Å². The number of carbonyl (C=O) groups excluding carboxylic acids is 1. The molecule has 0 bridgehead atoms. The molecule has 1 atom stereocenters. The number of alkyl halides is 3. The Kier molecular flexibility index (Phi) is 5.18. The molecule has 0 saturated carbocycles. The van der Waals surface area contributed by atoms with Gasteiger partial charge in [-0.1, -0.05) is 24.6 Å². The predicted molar refractivity (Wildman–Crippen MR) is 89.4 cm³/mol. The highest BCUT2D eigenvalue weighted by molar-refractivity contribution is 6.07. The SMILES string of the molecule is O=C1c2cc3ccccc3nc2C=CC1OCCCCCC(F)(F)F. The van der Waals surface area contributed by atoms with Crippen LogP contribution in [0.3, 0.4) is 0 Å². The van der Waals surface area contributed by atoms with Crippen LogP contribution in [-0.4, -0.2) is 29.7 Å². The standard InChI is InChI=1S/C19H18F3NO2/c20-19(21,22)10-4-1-5-11-25-17-9-8-16-14(18(17)24)12-13-6-2-3-7-15(13)23-16/h2-3,6-9,12,17H,1,4-5,10-11H2. The normalized spacial score (nSPS) is 17.1. The van der Waals surface area contributed by atoms with Crippen molar-refractivity contribution < 1.29 is 22.7 Å². The first-order valence-corrected chi connectivity index (χ1v) is 8.24. The Labute approximate surface area is 143 Å². The van der Waals surface area contributed by atoms with Crippen LogP contribution in [0.25, 0.3) is 17.0 Å². The summed E-state index contributed by atoms with van der Waals surface area (Å²) in [6.07, 6.45) is -1.16. The quantitative estimate of drug-likeness (QED) is 0.693. The average Bonchev–Trinajstić information content (AvgIpc) is 2.57. The topological polar surface area (TPSA) is 39.2 Å². The van der Waals surface area contributed by atoms with E-state index in [1.165, 1.54) is 0 Å². The maximum absolute atomic E-state index is 12.5. The minimum atomic E-state index is -4.11. The van der Waals surface area contributed by atoms with Gasteiger partial charge in [0.05, 0.1) is 11.2 Å². The lowest BCUT2D eigenvalue weighted by molar-refractivity contribution is -0.135. The van der Waals surface area contributed by atoms with Gasteiger partial charge in [-0.2, -0.15) is 13.2 Å². The fraction of sp³-hybridized carbons (Fsp3) is 0.368. The predicted octanol–water partition coefficient (Wildman–Crippen LogP) is 4.95. The first-order chi connectivity index (χ1) is 11.9.